The summed E-state index contributed by atoms with van der Waals surface area (Å²) in [4.78, 5) is 0. The summed E-state index contributed by atoms with van der Waals surface area (Å²) >= 11 is 0. The Balaban J connectivity index is 1.80. The molecule has 0 bridgehead atoms. The number of phenolic OH excluding ortho intramolecular Hbond substituents is 1. The van der Waals surface area contributed by atoms with Crippen molar-refractivity contribution in [3.8, 4) is 5.75 Å². The molecule has 0 spiro atoms. The molecule has 1 aromatic rings. The molecule has 0 saturated heterocycles. The van der Waals surface area contributed by atoms with Crippen LogP contribution in [0.5, 0.6) is 5.75 Å². The number of phenols is 1. The van der Waals surface area contributed by atoms with Crippen molar-refractivity contribution in [2.75, 3.05) is 0 Å². The molecule has 0 saturated carbocycles. The molecule has 0 unspecified atom stereocenters. The summed E-state index contributed by atoms with van der Waals surface area (Å²) in [6.07, 6.45) is 23.7. The van der Waals surface area contributed by atoms with Crippen LogP contribution in [0.25, 0.3) is 0 Å². The van der Waals surface area contributed by atoms with E-state index in [0.29, 0.717) is 5.75 Å². The molecule has 0 heterocycles. The minimum Gasteiger partial charge on any atom is -0.508 e. The van der Waals surface area contributed by atoms with Crippen LogP contribution in [0, 0.1) is 6.92 Å². The number of unbranched alkanes of at least 4 members (excludes halogenated alkanes) is 15. The van der Waals surface area contributed by atoms with Crippen molar-refractivity contribution in [1.29, 1.82) is 0 Å². The quantitative estimate of drug-likeness (QED) is 0.276. The average Bonchev–Trinajstić information content (AvgIpc) is 2.64. The number of benzene rings is 1. The second-order valence-electron chi connectivity index (χ2n) is 8.11. The smallest absolute Gasteiger partial charge is 0.118 e. The van der Waals surface area contributed by atoms with Gasteiger partial charge < -0.3 is 5.11 Å². The Bertz CT molecular complexity index is 438. The highest BCUT2D eigenvalue weighted by Gasteiger charge is 2.02. The first-order valence-electron chi connectivity index (χ1n) is 11.5. The summed E-state index contributed by atoms with van der Waals surface area (Å²) < 4.78 is 0. The Morgan fingerprint density at radius 3 is 1.50 bits per heavy atom. The van der Waals surface area contributed by atoms with Crippen LogP contribution < -0.4 is 0 Å². The van der Waals surface area contributed by atoms with Gasteiger partial charge in [0.15, 0.2) is 0 Å². The number of hydrogen-bond acceptors (Lipinski definition) is 1. The molecule has 1 nitrogen and oxygen atoms in total. The van der Waals surface area contributed by atoms with Crippen molar-refractivity contribution in [1.82, 2.24) is 0 Å². The lowest BCUT2D eigenvalue weighted by atomic mass is 10.00. The fourth-order valence-corrected chi connectivity index (χ4v) is 3.80. The van der Waals surface area contributed by atoms with E-state index in [2.05, 4.69) is 13.0 Å². The number of aryl methyl sites for hydroxylation is 1. The van der Waals surface area contributed by atoms with Gasteiger partial charge in [-0.3, -0.25) is 0 Å². The maximum Gasteiger partial charge on any atom is 0.118 e. The molecular weight excluding hydrogens is 316 g/mol. The third-order valence-corrected chi connectivity index (χ3v) is 5.72. The van der Waals surface area contributed by atoms with E-state index in [1.165, 1.54) is 108 Å². The standard InChI is InChI=1S/C25H44O/c1-3-4-5-6-7-8-9-10-11-12-13-14-15-16-17-18-20-24-21-19-22-25(26)23(24)2/h19,21-22,26H,3-18,20H2,1-2H3. The monoisotopic (exact) mass is 360 g/mol. The molecule has 0 aliphatic rings. The molecule has 0 aliphatic heterocycles. The molecule has 1 rings (SSSR count). The summed E-state index contributed by atoms with van der Waals surface area (Å²) in [7, 11) is 0. The molecule has 0 amide bonds. The topological polar surface area (TPSA) is 20.2 Å². The highest BCUT2D eigenvalue weighted by atomic mass is 16.3. The van der Waals surface area contributed by atoms with Crippen molar-refractivity contribution < 1.29 is 5.11 Å². The van der Waals surface area contributed by atoms with Gasteiger partial charge in [0.25, 0.3) is 0 Å². The Kier molecular flexibility index (Phi) is 14.4. The largest absolute Gasteiger partial charge is 0.508 e. The van der Waals surface area contributed by atoms with Gasteiger partial charge in [0, 0.05) is 0 Å². The molecule has 150 valence electrons. The Morgan fingerprint density at radius 2 is 1.04 bits per heavy atom. The first-order chi connectivity index (χ1) is 12.8. The van der Waals surface area contributed by atoms with Crippen LogP contribution in [-0.4, -0.2) is 5.11 Å². The van der Waals surface area contributed by atoms with Gasteiger partial charge in [0.05, 0.1) is 0 Å². The van der Waals surface area contributed by atoms with Crippen molar-refractivity contribution in [2.24, 2.45) is 0 Å². The molecule has 1 aromatic carbocycles. The Hall–Kier alpha value is -0.980. The van der Waals surface area contributed by atoms with Gasteiger partial charge in [0.2, 0.25) is 0 Å². The molecule has 0 atom stereocenters. The van der Waals surface area contributed by atoms with Gasteiger partial charge in [-0.15, -0.1) is 0 Å². The van der Waals surface area contributed by atoms with Gasteiger partial charge in [0.1, 0.15) is 5.75 Å². The zero-order valence-electron chi connectivity index (χ0n) is 17.7. The van der Waals surface area contributed by atoms with Crippen LogP contribution in [-0.2, 0) is 6.42 Å². The zero-order chi connectivity index (χ0) is 18.9. The van der Waals surface area contributed by atoms with Crippen molar-refractivity contribution in [3.05, 3.63) is 29.3 Å². The van der Waals surface area contributed by atoms with E-state index < -0.39 is 0 Å². The lowest BCUT2D eigenvalue weighted by Gasteiger charge is -2.07. The van der Waals surface area contributed by atoms with E-state index in [0.717, 1.165) is 12.0 Å². The van der Waals surface area contributed by atoms with Gasteiger partial charge in [-0.25, -0.2) is 0 Å². The first-order valence-corrected chi connectivity index (χ1v) is 11.5. The molecule has 1 N–H and O–H groups in total. The fourth-order valence-electron chi connectivity index (χ4n) is 3.80. The number of rotatable bonds is 17. The van der Waals surface area contributed by atoms with Crippen molar-refractivity contribution in [3.63, 3.8) is 0 Å². The minimum absolute atomic E-state index is 0.444. The number of aromatic hydroxyl groups is 1. The molecular formula is C25H44O. The molecule has 0 radical (unpaired) electrons. The zero-order valence-corrected chi connectivity index (χ0v) is 17.7. The normalized spacial score (nSPS) is 11.2. The van der Waals surface area contributed by atoms with E-state index in [9.17, 15) is 5.11 Å². The van der Waals surface area contributed by atoms with Crippen LogP contribution in [0.3, 0.4) is 0 Å². The van der Waals surface area contributed by atoms with Crippen LogP contribution >= 0.6 is 0 Å². The van der Waals surface area contributed by atoms with Gasteiger partial charge in [-0.05, 0) is 37.0 Å². The van der Waals surface area contributed by atoms with Crippen LogP contribution in [0.1, 0.15) is 121 Å². The average molecular weight is 361 g/mol. The van der Waals surface area contributed by atoms with Gasteiger partial charge in [-0.1, -0.05) is 115 Å². The minimum atomic E-state index is 0.444. The highest BCUT2D eigenvalue weighted by molar-refractivity contribution is 5.37. The molecule has 1 heteroatoms. The summed E-state index contributed by atoms with van der Waals surface area (Å²) in [5, 5.41) is 9.74. The fraction of sp³-hybridized carbons (Fsp3) is 0.760. The first kappa shape index (κ1) is 23.1. The van der Waals surface area contributed by atoms with E-state index >= 15 is 0 Å². The summed E-state index contributed by atoms with van der Waals surface area (Å²) in [5.41, 5.74) is 2.38. The van der Waals surface area contributed by atoms with Crippen LogP contribution in [0.15, 0.2) is 18.2 Å². The second kappa shape index (κ2) is 16.2. The maximum atomic E-state index is 9.74. The SMILES string of the molecule is CCCCCCCCCCCCCCCCCCc1cccc(O)c1C. The Labute approximate surface area is 163 Å². The summed E-state index contributed by atoms with van der Waals surface area (Å²) in [5.74, 6) is 0.444. The highest BCUT2D eigenvalue weighted by Crippen LogP contribution is 2.21. The second-order valence-corrected chi connectivity index (χ2v) is 8.11. The van der Waals surface area contributed by atoms with E-state index in [1.807, 2.05) is 13.0 Å². The maximum absolute atomic E-state index is 9.74. The lowest BCUT2D eigenvalue weighted by Crippen LogP contribution is -1.90. The predicted octanol–water partition coefficient (Wildman–Crippen LogP) is 8.50. The van der Waals surface area contributed by atoms with Crippen LogP contribution in [0.4, 0.5) is 0 Å². The molecule has 26 heavy (non-hydrogen) atoms. The van der Waals surface area contributed by atoms with E-state index in [1.54, 1.807) is 6.07 Å². The van der Waals surface area contributed by atoms with Crippen molar-refractivity contribution >= 4 is 0 Å². The Morgan fingerprint density at radius 1 is 0.615 bits per heavy atom. The predicted molar refractivity (Wildman–Crippen MR) is 116 cm³/mol. The van der Waals surface area contributed by atoms with E-state index in [-0.39, 0.29) is 0 Å². The van der Waals surface area contributed by atoms with Crippen LogP contribution in [0.2, 0.25) is 0 Å². The molecule has 0 aromatic heterocycles. The molecule has 0 fully saturated rings. The van der Waals surface area contributed by atoms with Crippen molar-refractivity contribution in [2.45, 2.75) is 123 Å². The third kappa shape index (κ3) is 11.6. The lowest BCUT2D eigenvalue weighted by molar-refractivity contribution is 0.469. The van der Waals surface area contributed by atoms with Gasteiger partial charge in [-0.2, -0.15) is 0 Å². The van der Waals surface area contributed by atoms with E-state index in [4.69, 9.17) is 0 Å². The number of hydrogen-bond donors (Lipinski definition) is 1. The third-order valence-electron chi connectivity index (χ3n) is 5.72. The van der Waals surface area contributed by atoms with Gasteiger partial charge >= 0.3 is 0 Å². The summed E-state index contributed by atoms with van der Waals surface area (Å²) in [6.45, 7) is 4.31. The summed E-state index contributed by atoms with van der Waals surface area (Å²) in [6, 6.07) is 5.90. The molecule has 0 aliphatic carbocycles.